The Morgan fingerprint density at radius 1 is 1.15 bits per heavy atom. The molecule has 0 saturated heterocycles. The Kier molecular flexibility index (Phi) is 4.31. The van der Waals surface area contributed by atoms with E-state index in [-0.39, 0.29) is 24.2 Å². The van der Waals surface area contributed by atoms with Crippen LogP contribution in [0.15, 0.2) is 42.6 Å². The van der Waals surface area contributed by atoms with E-state index in [1.807, 2.05) is 0 Å². The van der Waals surface area contributed by atoms with Crippen molar-refractivity contribution < 1.29 is 18.3 Å². The highest BCUT2D eigenvalue weighted by atomic mass is 19.1. The Hall–Kier alpha value is -3.29. The minimum absolute atomic E-state index is 0.00278. The van der Waals surface area contributed by atoms with Crippen LogP contribution in [0, 0.1) is 18.6 Å². The standard InChI is InChI=1S/C19H16F2N4O2/c1-12-6-7-22-18(17(12)21)27-11-14-10-16-19(26)24(8-9-25(16)23-14)15-4-2-13(20)3-5-15/h2-7,10H,8-9,11H2,1H3. The van der Waals surface area contributed by atoms with Crippen LogP contribution in [0.25, 0.3) is 0 Å². The fraction of sp³-hybridized carbons (Fsp3) is 0.211. The predicted molar refractivity (Wildman–Crippen MR) is 93.6 cm³/mol. The Bertz CT molecular complexity index is 1000. The molecule has 8 heteroatoms. The molecular formula is C19H16F2N4O2. The summed E-state index contributed by atoms with van der Waals surface area (Å²) in [6, 6.07) is 8.94. The summed E-state index contributed by atoms with van der Waals surface area (Å²) in [7, 11) is 0. The van der Waals surface area contributed by atoms with Crippen molar-refractivity contribution in [3.8, 4) is 5.88 Å². The third kappa shape index (κ3) is 3.25. The molecule has 1 aliphatic rings. The van der Waals surface area contributed by atoms with Crippen molar-refractivity contribution in [1.82, 2.24) is 14.8 Å². The smallest absolute Gasteiger partial charge is 0.276 e. The Morgan fingerprint density at radius 2 is 1.93 bits per heavy atom. The number of aromatic nitrogens is 3. The van der Waals surface area contributed by atoms with Crippen LogP contribution in [0.2, 0.25) is 0 Å². The number of ether oxygens (including phenoxy) is 1. The molecule has 1 aromatic carbocycles. The third-order valence-electron chi connectivity index (χ3n) is 4.38. The normalized spacial score (nSPS) is 13.6. The van der Waals surface area contributed by atoms with E-state index >= 15 is 0 Å². The lowest BCUT2D eigenvalue weighted by Gasteiger charge is -2.27. The molecule has 27 heavy (non-hydrogen) atoms. The second kappa shape index (κ2) is 6.79. The maximum atomic E-state index is 14.0. The van der Waals surface area contributed by atoms with Crippen LogP contribution in [-0.4, -0.2) is 27.2 Å². The van der Waals surface area contributed by atoms with E-state index in [4.69, 9.17) is 4.74 Å². The number of hydrogen-bond donors (Lipinski definition) is 0. The molecule has 0 fully saturated rings. The summed E-state index contributed by atoms with van der Waals surface area (Å²) in [6.45, 7) is 2.54. The van der Waals surface area contributed by atoms with E-state index in [0.29, 0.717) is 35.7 Å². The lowest BCUT2D eigenvalue weighted by Crippen LogP contribution is -2.40. The summed E-state index contributed by atoms with van der Waals surface area (Å²) < 4.78 is 34.1. The summed E-state index contributed by atoms with van der Waals surface area (Å²) in [6.07, 6.45) is 1.47. The van der Waals surface area contributed by atoms with Gasteiger partial charge in [0, 0.05) is 18.4 Å². The van der Waals surface area contributed by atoms with Crippen LogP contribution in [0.5, 0.6) is 5.88 Å². The van der Waals surface area contributed by atoms with Crippen LogP contribution in [0.1, 0.15) is 21.7 Å². The number of carbonyl (C=O) groups excluding carboxylic acids is 1. The summed E-state index contributed by atoms with van der Waals surface area (Å²) in [5.41, 5.74) is 1.97. The molecule has 0 spiro atoms. The molecule has 1 amide bonds. The SMILES string of the molecule is Cc1ccnc(OCc2cc3n(n2)CCN(c2ccc(F)cc2)C3=O)c1F. The molecule has 3 aromatic rings. The minimum atomic E-state index is -0.514. The number of aryl methyl sites for hydroxylation is 1. The molecule has 0 aliphatic carbocycles. The second-order valence-corrected chi connectivity index (χ2v) is 6.21. The Labute approximate surface area is 154 Å². The lowest BCUT2D eigenvalue weighted by molar-refractivity contribution is 0.0962. The van der Waals surface area contributed by atoms with Crippen LogP contribution < -0.4 is 9.64 Å². The molecule has 0 saturated carbocycles. The first-order valence-electron chi connectivity index (χ1n) is 8.41. The van der Waals surface area contributed by atoms with Gasteiger partial charge in [0.2, 0.25) is 0 Å². The molecule has 3 heterocycles. The number of hydrogen-bond acceptors (Lipinski definition) is 4. The number of rotatable bonds is 4. The number of anilines is 1. The highest BCUT2D eigenvalue weighted by molar-refractivity contribution is 6.05. The van der Waals surface area contributed by atoms with E-state index in [2.05, 4.69) is 10.1 Å². The van der Waals surface area contributed by atoms with Gasteiger partial charge < -0.3 is 9.64 Å². The van der Waals surface area contributed by atoms with Crippen LogP contribution in [0.3, 0.4) is 0 Å². The average Bonchev–Trinajstić information content (AvgIpc) is 3.08. The molecule has 0 atom stereocenters. The second-order valence-electron chi connectivity index (χ2n) is 6.21. The molecule has 0 bridgehead atoms. The number of amides is 1. The Morgan fingerprint density at radius 3 is 2.70 bits per heavy atom. The first-order valence-corrected chi connectivity index (χ1v) is 8.41. The largest absolute Gasteiger partial charge is 0.469 e. The number of pyridine rings is 1. The average molecular weight is 370 g/mol. The van der Waals surface area contributed by atoms with Crippen LogP contribution >= 0.6 is 0 Å². The first kappa shape index (κ1) is 17.1. The van der Waals surface area contributed by atoms with Crippen molar-refractivity contribution in [2.24, 2.45) is 0 Å². The van der Waals surface area contributed by atoms with Gasteiger partial charge in [0.25, 0.3) is 11.8 Å². The van der Waals surface area contributed by atoms with Crippen molar-refractivity contribution in [3.05, 3.63) is 71.2 Å². The zero-order chi connectivity index (χ0) is 19.0. The summed E-state index contributed by atoms with van der Waals surface area (Å²) in [4.78, 5) is 18.2. The monoisotopic (exact) mass is 370 g/mol. The van der Waals surface area contributed by atoms with Gasteiger partial charge in [-0.2, -0.15) is 5.10 Å². The summed E-state index contributed by atoms with van der Waals surface area (Å²) >= 11 is 0. The van der Waals surface area contributed by atoms with Gasteiger partial charge in [-0.3, -0.25) is 9.48 Å². The zero-order valence-electron chi connectivity index (χ0n) is 14.5. The molecule has 0 radical (unpaired) electrons. The lowest BCUT2D eigenvalue weighted by atomic mass is 10.2. The summed E-state index contributed by atoms with van der Waals surface area (Å²) in [5, 5.41) is 4.34. The fourth-order valence-corrected chi connectivity index (χ4v) is 2.94. The van der Waals surface area contributed by atoms with Crippen molar-refractivity contribution >= 4 is 11.6 Å². The van der Waals surface area contributed by atoms with Crippen molar-refractivity contribution in [2.45, 2.75) is 20.1 Å². The van der Waals surface area contributed by atoms with E-state index in [1.54, 1.807) is 40.8 Å². The van der Waals surface area contributed by atoms with E-state index in [0.717, 1.165) is 0 Å². The molecule has 1 aliphatic heterocycles. The molecule has 2 aromatic heterocycles. The highest BCUT2D eigenvalue weighted by Gasteiger charge is 2.27. The van der Waals surface area contributed by atoms with E-state index < -0.39 is 5.82 Å². The van der Waals surface area contributed by atoms with Gasteiger partial charge >= 0.3 is 0 Å². The molecular weight excluding hydrogens is 354 g/mol. The Balaban J connectivity index is 1.52. The molecule has 6 nitrogen and oxygen atoms in total. The molecule has 4 rings (SSSR count). The van der Waals surface area contributed by atoms with Crippen LogP contribution in [0.4, 0.5) is 14.5 Å². The quantitative estimate of drug-likeness (QED) is 0.708. The summed E-state index contributed by atoms with van der Waals surface area (Å²) in [5.74, 6) is -1.20. The number of benzene rings is 1. The minimum Gasteiger partial charge on any atom is -0.469 e. The van der Waals surface area contributed by atoms with Crippen molar-refractivity contribution in [2.75, 3.05) is 11.4 Å². The topological polar surface area (TPSA) is 60.2 Å². The third-order valence-corrected chi connectivity index (χ3v) is 4.38. The van der Waals surface area contributed by atoms with Gasteiger partial charge in [0.15, 0.2) is 5.82 Å². The number of carbonyl (C=O) groups is 1. The van der Waals surface area contributed by atoms with Gasteiger partial charge in [0.05, 0.1) is 6.54 Å². The van der Waals surface area contributed by atoms with Crippen molar-refractivity contribution in [3.63, 3.8) is 0 Å². The number of halogens is 2. The maximum Gasteiger partial charge on any atom is 0.276 e. The molecule has 0 N–H and O–H groups in total. The van der Waals surface area contributed by atoms with Gasteiger partial charge in [-0.15, -0.1) is 0 Å². The highest BCUT2D eigenvalue weighted by Crippen LogP contribution is 2.23. The first-order chi connectivity index (χ1) is 13.0. The van der Waals surface area contributed by atoms with Crippen LogP contribution in [-0.2, 0) is 13.2 Å². The van der Waals surface area contributed by atoms with Crippen molar-refractivity contribution in [1.29, 1.82) is 0 Å². The van der Waals surface area contributed by atoms with E-state index in [9.17, 15) is 13.6 Å². The van der Waals surface area contributed by atoms with Gasteiger partial charge in [-0.25, -0.2) is 13.8 Å². The number of fused-ring (bicyclic) bond motifs is 1. The predicted octanol–water partition coefficient (Wildman–Crippen LogP) is 3.10. The van der Waals surface area contributed by atoms with Gasteiger partial charge in [-0.1, -0.05) is 0 Å². The van der Waals surface area contributed by atoms with E-state index in [1.165, 1.54) is 18.3 Å². The maximum absolute atomic E-state index is 14.0. The van der Waals surface area contributed by atoms with Gasteiger partial charge in [0.1, 0.15) is 23.8 Å². The molecule has 138 valence electrons. The van der Waals surface area contributed by atoms with Gasteiger partial charge in [-0.05, 0) is 48.9 Å². The molecule has 0 unspecified atom stereocenters. The fourth-order valence-electron chi connectivity index (χ4n) is 2.94. The number of nitrogens with zero attached hydrogens (tertiary/aromatic N) is 4. The zero-order valence-corrected chi connectivity index (χ0v) is 14.5.